The maximum atomic E-state index is 14.5. The standard InChI is InChI=1S/C17H21F2NO2/c1-22-15(21)10-16-9-5-8-14(17(18,19)12-16)20(16)11-13-6-3-2-4-7-13/h2-4,6-7,14H,5,8-12H2,1H3. The third-order valence-corrected chi connectivity index (χ3v) is 5.05. The fraction of sp³-hybridized carbons (Fsp3) is 0.588. The van der Waals surface area contributed by atoms with Crippen molar-refractivity contribution in [1.29, 1.82) is 0 Å². The van der Waals surface area contributed by atoms with Gasteiger partial charge in [-0.3, -0.25) is 9.69 Å². The van der Waals surface area contributed by atoms with Gasteiger partial charge in [0.2, 0.25) is 0 Å². The van der Waals surface area contributed by atoms with Crippen LogP contribution in [0, 0.1) is 0 Å². The van der Waals surface area contributed by atoms with E-state index < -0.39 is 23.5 Å². The van der Waals surface area contributed by atoms with Crippen LogP contribution in [-0.4, -0.2) is 35.5 Å². The summed E-state index contributed by atoms with van der Waals surface area (Å²) >= 11 is 0. The molecule has 2 atom stereocenters. The maximum Gasteiger partial charge on any atom is 0.307 e. The molecule has 2 saturated heterocycles. The third-order valence-electron chi connectivity index (χ3n) is 5.05. The number of fused-ring (bicyclic) bond motifs is 2. The van der Waals surface area contributed by atoms with Gasteiger partial charge in [0, 0.05) is 18.5 Å². The zero-order valence-corrected chi connectivity index (χ0v) is 12.7. The van der Waals surface area contributed by atoms with Crippen molar-refractivity contribution in [2.75, 3.05) is 7.11 Å². The fourth-order valence-corrected chi connectivity index (χ4v) is 4.09. The maximum absolute atomic E-state index is 14.5. The van der Waals surface area contributed by atoms with E-state index in [1.165, 1.54) is 7.11 Å². The number of rotatable bonds is 4. The Labute approximate surface area is 129 Å². The summed E-state index contributed by atoms with van der Waals surface area (Å²) in [6, 6.07) is 8.84. The van der Waals surface area contributed by atoms with Crippen LogP contribution in [0.15, 0.2) is 30.3 Å². The Morgan fingerprint density at radius 1 is 1.36 bits per heavy atom. The molecule has 2 aliphatic heterocycles. The van der Waals surface area contributed by atoms with E-state index in [0.29, 0.717) is 19.4 Å². The zero-order chi connectivity index (χ0) is 15.8. The van der Waals surface area contributed by atoms with E-state index >= 15 is 0 Å². The van der Waals surface area contributed by atoms with Crippen LogP contribution in [0.4, 0.5) is 8.78 Å². The minimum atomic E-state index is -2.74. The molecule has 5 heteroatoms. The summed E-state index contributed by atoms with van der Waals surface area (Å²) < 4.78 is 33.7. The van der Waals surface area contributed by atoms with Gasteiger partial charge >= 0.3 is 5.97 Å². The molecule has 2 fully saturated rings. The molecule has 1 aromatic carbocycles. The summed E-state index contributed by atoms with van der Waals surface area (Å²) in [5.74, 6) is -3.14. The molecule has 2 aliphatic rings. The topological polar surface area (TPSA) is 29.5 Å². The average Bonchev–Trinajstić information content (AvgIpc) is 2.60. The molecule has 2 heterocycles. The SMILES string of the molecule is COC(=O)CC12CCCC(N1Cc1ccccc1)C(F)(F)C2. The largest absolute Gasteiger partial charge is 0.469 e. The predicted molar refractivity (Wildman–Crippen MR) is 78.6 cm³/mol. The van der Waals surface area contributed by atoms with Gasteiger partial charge in [0.05, 0.1) is 19.6 Å². The van der Waals surface area contributed by atoms with Crippen molar-refractivity contribution < 1.29 is 18.3 Å². The Morgan fingerprint density at radius 3 is 2.77 bits per heavy atom. The number of halogens is 2. The number of alkyl halides is 2. The van der Waals surface area contributed by atoms with E-state index in [2.05, 4.69) is 0 Å². The second-order valence-electron chi connectivity index (χ2n) is 6.44. The number of carbonyl (C=O) groups is 1. The molecule has 0 radical (unpaired) electrons. The van der Waals surface area contributed by atoms with Gasteiger partial charge in [-0.15, -0.1) is 0 Å². The highest BCUT2D eigenvalue weighted by atomic mass is 19.3. The number of ether oxygens (including phenoxy) is 1. The second kappa shape index (κ2) is 5.61. The summed E-state index contributed by atoms with van der Waals surface area (Å²) in [6.45, 7) is 0.456. The molecule has 1 aromatic rings. The van der Waals surface area contributed by atoms with E-state index in [-0.39, 0.29) is 12.8 Å². The van der Waals surface area contributed by atoms with Crippen LogP contribution in [0.2, 0.25) is 0 Å². The second-order valence-corrected chi connectivity index (χ2v) is 6.44. The molecule has 0 N–H and O–H groups in total. The van der Waals surface area contributed by atoms with Crippen molar-refractivity contribution in [3.8, 4) is 0 Å². The lowest BCUT2D eigenvalue weighted by Crippen LogP contribution is -2.51. The van der Waals surface area contributed by atoms with Crippen LogP contribution in [-0.2, 0) is 16.1 Å². The van der Waals surface area contributed by atoms with Crippen molar-refractivity contribution >= 4 is 5.97 Å². The van der Waals surface area contributed by atoms with Crippen LogP contribution in [0.1, 0.15) is 37.7 Å². The Hall–Kier alpha value is -1.49. The molecule has 22 heavy (non-hydrogen) atoms. The van der Waals surface area contributed by atoms with Gasteiger partial charge in [-0.05, 0) is 24.8 Å². The lowest BCUT2D eigenvalue weighted by Gasteiger charge is -2.43. The summed E-state index contributed by atoms with van der Waals surface area (Å²) in [4.78, 5) is 13.6. The number of methoxy groups -OCH3 is 1. The summed E-state index contributed by atoms with van der Waals surface area (Å²) in [5, 5.41) is 0. The van der Waals surface area contributed by atoms with E-state index in [9.17, 15) is 13.6 Å². The summed E-state index contributed by atoms with van der Waals surface area (Å²) in [6.07, 6.45) is 1.65. The van der Waals surface area contributed by atoms with Crippen molar-refractivity contribution in [2.45, 2.75) is 56.2 Å². The highest BCUT2D eigenvalue weighted by Gasteiger charge is 2.63. The molecule has 0 spiro atoms. The van der Waals surface area contributed by atoms with Crippen LogP contribution >= 0.6 is 0 Å². The van der Waals surface area contributed by atoms with Crippen LogP contribution in [0.5, 0.6) is 0 Å². The summed E-state index contributed by atoms with van der Waals surface area (Å²) in [7, 11) is 1.31. The van der Waals surface area contributed by atoms with Gasteiger partial charge < -0.3 is 4.74 Å². The number of piperidine rings is 1. The molecular weight excluding hydrogens is 288 g/mol. The number of esters is 1. The molecule has 0 amide bonds. The third kappa shape index (κ3) is 2.62. The van der Waals surface area contributed by atoms with E-state index in [1.54, 1.807) is 0 Å². The minimum absolute atomic E-state index is 0.0441. The first kappa shape index (κ1) is 15.4. The predicted octanol–water partition coefficient (Wildman–Crippen LogP) is 3.38. The Balaban J connectivity index is 1.91. The normalized spacial score (nSPS) is 30.2. The van der Waals surface area contributed by atoms with Gasteiger partial charge in [0.25, 0.3) is 5.92 Å². The number of hydrogen-bond acceptors (Lipinski definition) is 3. The number of hydrogen-bond donors (Lipinski definition) is 0. The first-order valence-electron chi connectivity index (χ1n) is 7.72. The Bertz CT molecular complexity index is 549. The van der Waals surface area contributed by atoms with Crippen molar-refractivity contribution in [2.24, 2.45) is 0 Å². The molecule has 3 rings (SSSR count). The molecule has 2 bridgehead atoms. The van der Waals surface area contributed by atoms with E-state index in [0.717, 1.165) is 12.0 Å². The van der Waals surface area contributed by atoms with Crippen LogP contribution in [0.25, 0.3) is 0 Å². The quantitative estimate of drug-likeness (QED) is 0.799. The zero-order valence-electron chi connectivity index (χ0n) is 12.7. The number of nitrogens with zero attached hydrogens (tertiary/aromatic N) is 1. The number of benzene rings is 1. The summed E-state index contributed by atoms with van der Waals surface area (Å²) in [5.41, 5.74) is 0.233. The molecular formula is C17H21F2NO2. The highest BCUT2D eigenvalue weighted by Crippen LogP contribution is 2.54. The monoisotopic (exact) mass is 309 g/mol. The molecule has 0 aliphatic carbocycles. The Kier molecular flexibility index (Phi) is 3.93. The number of carbonyl (C=O) groups excluding carboxylic acids is 1. The van der Waals surface area contributed by atoms with Gasteiger partial charge in [-0.2, -0.15) is 0 Å². The van der Waals surface area contributed by atoms with Crippen molar-refractivity contribution in [3.05, 3.63) is 35.9 Å². The van der Waals surface area contributed by atoms with Gasteiger partial charge in [0.1, 0.15) is 0 Å². The van der Waals surface area contributed by atoms with E-state index in [4.69, 9.17) is 4.74 Å². The lowest BCUT2D eigenvalue weighted by molar-refractivity contribution is -0.144. The van der Waals surface area contributed by atoms with Crippen LogP contribution < -0.4 is 0 Å². The van der Waals surface area contributed by atoms with Gasteiger partial charge in [-0.25, -0.2) is 8.78 Å². The molecule has 120 valence electrons. The Morgan fingerprint density at radius 2 is 2.09 bits per heavy atom. The van der Waals surface area contributed by atoms with Gasteiger partial charge in [-0.1, -0.05) is 30.3 Å². The molecule has 2 unspecified atom stereocenters. The molecule has 3 nitrogen and oxygen atoms in total. The van der Waals surface area contributed by atoms with E-state index in [1.807, 2.05) is 35.2 Å². The first-order valence-corrected chi connectivity index (χ1v) is 7.72. The average molecular weight is 309 g/mol. The van der Waals surface area contributed by atoms with Crippen molar-refractivity contribution in [1.82, 2.24) is 4.90 Å². The smallest absolute Gasteiger partial charge is 0.307 e. The highest BCUT2D eigenvalue weighted by molar-refractivity contribution is 5.71. The molecule has 0 saturated carbocycles. The van der Waals surface area contributed by atoms with Crippen LogP contribution in [0.3, 0.4) is 0 Å². The van der Waals surface area contributed by atoms with Gasteiger partial charge in [0.15, 0.2) is 0 Å². The molecule has 0 aromatic heterocycles. The first-order chi connectivity index (χ1) is 10.5. The minimum Gasteiger partial charge on any atom is -0.469 e. The lowest BCUT2D eigenvalue weighted by atomic mass is 9.84. The van der Waals surface area contributed by atoms with Crippen molar-refractivity contribution in [3.63, 3.8) is 0 Å². The fourth-order valence-electron chi connectivity index (χ4n) is 4.09.